The standard InChI is InChI=1S/C34H48O8/c1-3-14(34(40)41-12-18-5-15-6-19(18)28-24-11-23(27(15)28)30(35)31(24)36)4-13(2)33(39)42-25-10-17-9-22(25)29-20-7-16(26(17)29)8-21(20)32(37)38/h13-31,35-36H,3-12H2,1-2H3,(H,37,38). The van der Waals surface area contributed by atoms with Gasteiger partial charge < -0.3 is 24.8 Å². The molecule has 8 aliphatic carbocycles. The molecule has 42 heavy (non-hydrogen) atoms. The molecule has 8 fully saturated rings. The summed E-state index contributed by atoms with van der Waals surface area (Å²) in [5, 5.41) is 30.7. The maximum absolute atomic E-state index is 13.2. The molecule has 0 spiro atoms. The lowest BCUT2D eigenvalue weighted by molar-refractivity contribution is -0.162. The molecule has 0 heterocycles. The first-order valence-electron chi connectivity index (χ1n) is 17.1. The number of carbonyl (C=O) groups is 3. The van der Waals surface area contributed by atoms with E-state index in [1.165, 1.54) is 0 Å². The first-order valence-corrected chi connectivity index (χ1v) is 17.1. The summed E-state index contributed by atoms with van der Waals surface area (Å²) in [6.45, 7) is 4.25. The van der Waals surface area contributed by atoms with Crippen LogP contribution in [-0.4, -0.2) is 58.1 Å². The van der Waals surface area contributed by atoms with Gasteiger partial charge in [-0.3, -0.25) is 14.4 Å². The Morgan fingerprint density at radius 3 is 2.12 bits per heavy atom. The second-order valence-electron chi connectivity index (χ2n) is 16.1. The molecule has 8 bridgehead atoms. The van der Waals surface area contributed by atoms with Crippen LogP contribution in [0.1, 0.15) is 71.6 Å². The minimum Gasteiger partial charge on any atom is -0.481 e. The maximum atomic E-state index is 13.2. The molecule has 8 nitrogen and oxygen atoms in total. The van der Waals surface area contributed by atoms with Crippen molar-refractivity contribution in [1.82, 2.24) is 0 Å². The lowest BCUT2D eigenvalue weighted by Gasteiger charge is -2.42. The number of ether oxygens (including phenoxy) is 2. The average Bonchev–Trinajstić information content (AvgIpc) is 3.81. The first-order chi connectivity index (χ1) is 20.2. The number of aliphatic carboxylic acids is 1. The highest BCUT2D eigenvalue weighted by Crippen LogP contribution is 2.70. The van der Waals surface area contributed by atoms with Crippen molar-refractivity contribution in [1.29, 1.82) is 0 Å². The van der Waals surface area contributed by atoms with E-state index in [-0.39, 0.29) is 47.6 Å². The number of hydrogen-bond acceptors (Lipinski definition) is 7. The van der Waals surface area contributed by atoms with Crippen LogP contribution in [0.2, 0.25) is 0 Å². The molecule has 0 amide bonds. The summed E-state index contributed by atoms with van der Waals surface area (Å²) in [7, 11) is 0. The quantitative estimate of drug-likeness (QED) is 0.276. The van der Waals surface area contributed by atoms with E-state index in [4.69, 9.17) is 9.47 Å². The van der Waals surface area contributed by atoms with Crippen molar-refractivity contribution >= 4 is 17.9 Å². The van der Waals surface area contributed by atoms with Crippen molar-refractivity contribution in [3.63, 3.8) is 0 Å². The molecule has 3 N–H and O–H groups in total. The van der Waals surface area contributed by atoms with Gasteiger partial charge in [-0.05, 0) is 135 Å². The molecule has 8 rings (SSSR count). The van der Waals surface area contributed by atoms with Crippen LogP contribution in [0.3, 0.4) is 0 Å². The minimum atomic E-state index is -0.655. The van der Waals surface area contributed by atoms with Crippen LogP contribution in [0, 0.1) is 94.7 Å². The molecule has 0 aromatic carbocycles. The van der Waals surface area contributed by atoms with Gasteiger partial charge in [0.25, 0.3) is 0 Å². The zero-order valence-electron chi connectivity index (χ0n) is 24.9. The summed E-state index contributed by atoms with van der Waals surface area (Å²) in [4.78, 5) is 38.3. The van der Waals surface area contributed by atoms with Crippen LogP contribution in [0.25, 0.3) is 0 Å². The molecule has 8 saturated carbocycles. The third-order valence-corrected chi connectivity index (χ3v) is 14.7. The van der Waals surface area contributed by atoms with Crippen molar-refractivity contribution in [2.45, 2.75) is 89.9 Å². The molecule has 8 heteroatoms. The molecule has 19 atom stereocenters. The van der Waals surface area contributed by atoms with Gasteiger partial charge in [0.1, 0.15) is 6.10 Å². The van der Waals surface area contributed by atoms with Gasteiger partial charge in [-0.2, -0.15) is 0 Å². The van der Waals surface area contributed by atoms with Crippen molar-refractivity contribution in [2.24, 2.45) is 94.7 Å². The Kier molecular flexibility index (Phi) is 6.58. The number of aliphatic hydroxyl groups is 2. The van der Waals surface area contributed by atoms with Crippen LogP contribution in [-0.2, 0) is 23.9 Å². The van der Waals surface area contributed by atoms with Gasteiger partial charge in [0.2, 0.25) is 0 Å². The predicted molar refractivity (Wildman–Crippen MR) is 149 cm³/mol. The number of fused-ring (bicyclic) bond motifs is 18. The number of hydrogen-bond donors (Lipinski definition) is 3. The van der Waals surface area contributed by atoms with Gasteiger partial charge in [0, 0.05) is 0 Å². The van der Waals surface area contributed by atoms with Gasteiger partial charge in [-0.15, -0.1) is 0 Å². The number of aliphatic hydroxyl groups excluding tert-OH is 2. The molecular weight excluding hydrogens is 536 g/mol. The molecule has 232 valence electrons. The second kappa shape index (κ2) is 9.92. The Balaban J connectivity index is 0.832. The number of carboxylic acids is 1. The Bertz CT molecular complexity index is 1140. The fourth-order valence-electron chi connectivity index (χ4n) is 13.4. The van der Waals surface area contributed by atoms with E-state index < -0.39 is 24.1 Å². The van der Waals surface area contributed by atoms with Crippen molar-refractivity contribution in [3.05, 3.63) is 0 Å². The van der Waals surface area contributed by atoms with E-state index in [2.05, 4.69) is 0 Å². The second-order valence-corrected chi connectivity index (χ2v) is 16.1. The van der Waals surface area contributed by atoms with E-state index in [0.29, 0.717) is 78.6 Å². The highest BCUT2D eigenvalue weighted by molar-refractivity contribution is 5.76. The molecular formula is C34H48O8. The van der Waals surface area contributed by atoms with Crippen LogP contribution in [0.15, 0.2) is 0 Å². The van der Waals surface area contributed by atoms with Gasteiger partial charge in [0.05, 0.1) is 36.6 Å². The highest BCUT2D eigenvalue weighted by atomic mass is 16.5. The molecule has 0 radical (unpaired) electrons. The van der Waals surface area contributed by atoms with Gasteiger partial charge in [-0.25, -0.2) is 0 Å². The van der Waals surface area contributed by atoms with Crippen LogP contribution in [0.5, 0.6) is 0 Å². The Morgan fingerprint density at radius 1 is 0.738 bits per heavy atom. The summed E-state index contributed by atoms with van der Waals surface area (Å²) >= 11 is 0. The van der Waals surface area contributed by atoms with Crippen molar-refractivity contribution in [3.8, 4) is 0 Å². The number of esters is 2. The van der Waals surface area contributed by atoms with Crippen molar-refractivity contribution in [2.75, 3.05) is 6.61 Å². The van der Waals surface area contributed by atoms with Crippen LogP contribution >= 0.6 is 0 Å². The molecule has 8 aliphatic rings. The van der Waals surface area contributed by atoms with E-state index in [9.17, 15) is 29.7 Å². The van der Waals surface area contributed by atoms with Gasteiger partial charge in [-0.1, -0.05) is 13.8 Å². The third-order valence-electron chi connectivity index (χ3n) is 14.7. The van der Waals surface area contributed by atoms with E-state index in [1.807, 2.05) is 13.8 Å². The Hall–Kier alpha value is -1.67. The zero-order valence-corrected chi connectivity index (χ0v) is 24.9. The number of rotatable bonds is 9. The lowest BCUT2D eigenvalue weighted by Crippen LogP contribution is -2.46. The monoisotopic (exact) mass is 584 g/mol. The fourth-order valence-corrected chi connectivity index (χ4v) is 13.4. The van der Waals surface area contributed by atoms with E-state index >= 15 is 0 Å². The summed E-state index contributed by atoms with van der Waals surface area (Å²) in [6.07, 6.45) is 6.72. The van der Waals surface area contributed by atoms with Crippen LogP contribution < -0.4 is 0 Å². The molecule has 19 unspecified atom stereocenters. The molecule has 0 aromatic rings. The van der Waals surface area contributed by atoms with Crippen molar-refractivity contribution < 1.29 is 39.2 Å². The van der Waals surface area contributed by atoms with Gasteiger partial charge in [0.15, 0.2) is 0 Å². The first kappa shape index (κ1) is 27.8. The SMILES string of the molecule is CCC(CC(C)C(=O)OC1CC2CC1C1C3CC(CC3C(=O)O)C21)C(=O)OCC1CC2CC1C1C3CC(C(O)C3O)C21. The summed E-state index contributed by atoms with van der Waals surface area (Å²) in [5.41, 5.74) is 0. The maximum Gasteiger partial charge on any atom is 0.308 e. The largest absolute Gasteiger partial charge is 0.481 e. The highest BCUT2D eigenvalue weighted by Gasteiger charge is 2.68. The van der Waals surface area contributed by atoms with E-state index in [0.717, 1.165) is 44.9 Å². The average molecular weight is 585 g/mol. The predicted octanol–water partition coefficient (Wildman–Crippen LogP) is 3.77. The lowest BCUT2D eigenvalue weighted by atomic mass is 9.66. The topological polar surface area (TPSA) is 130 Å². The Morgan fingerprint density at radius 2 is 1.38 bits per heavy atom. The third kappa shape index (κ3) is 3.88. The summed E-state index contributed by atoms with van der Waals surface area (Å²) in [5.74, 6) is 3.40. The normalized spacial score (nSPS) is 53.3. The summed E-state index contributed by atoms with van der Waals surface area (Å²) < 4.78 is 12.0. The molecule has 0 aliphatic heterocycles. The summed E-state index contributed by atoms with van der Waals surface area (Å²) in [6, 6.07) is 0. The molecule has 0 aromatic heterocycles. The van der Waals surface area contributed by atoms with Gasteiger partial charge >= 0.3 is 17.9 Å². The number of carboxylic acid groups (broad SMARTS) is 1. The molecule has 0 saturated heterocycles. The van der Waals surface area contributed by atoms with Crippen LogP contribution in [0.4, 0.5) is 0 Å². The smallest absolute Gasteiger partial charge is 0.308 e. The zero-order chi connectivity index (χ0) is 29.2. The number of carbonyl (C=O) groups excluding carboxylic acids is 2. The minimum absolute atomic E-state index is 0.112. The fraction of sp³-hybridized carbons (Fsp3) is 0.912. The van der Waals surface area contributed by atoms with E-state index in [1.54, 1.807) is 0 Å². The Labute approximate surface area is 248 Å².